The van der Waals surface area contributed by atoms with Crippen LogP contribution >= 0.6 is 11.8 Å². The number of carbonyl (C=O) groups is 1. The van der Waals surface area contributed by atoms with Gasteiger partial charge in [-0.25, -0.2) is 0 Å². The molecule has 0 aromatic rings. The summed E-state index contributed by atoms with van der Waals surface area (Å²) in [5.74, 6) is 0.937. The molecule has 1 saturated carbocycles. The van der Waals surface area contributed by atoms with Gasteiger partial charge < -0.3 is 4.74 Å². The van der Waals surface area contributed by atoms with Crippen molar-refractivity contribution in [2.24, 2.45) is 0 Å². The zero-order valence-corrected chi connectivity index (χ0v) is 9.85. The van der Waals surface area contributed by atoms with Crippen molar-refractivity contribution < 1.29 is 9.53 Å². The van der Waals surface area contributed by atoms with Crippen molar-refractivity contribution >= 4 is 17.5 Å². The van der Waals surface area contributed by atoms with Crippen LogP contribution in [-0.4, -0.2) is 23.4 Å². The van der Waals surface area contributed by atoms with Gasteiger partial charge in [0.05, 0.1) is 18.6 Å². The second-order valence-electron chi connectivity index (χ2n) is 4.26. The Morgan fingerprint density at radius 1 is 1.40 bits per heavy atom. The van der Waals surface area contributed by atoms with Crippen molar-refractivity contribution in [1.82, 2.24) is 0 Å². The van der Waals surface area contributed by atoms with Crippen molar-refractivity contribution in [3.63, 3.8) is 0 Å². The molecule has 1 aliphatic carbocycles. The molecule has 0 amide bonds. The van der Waals surface area contributed by atoms with Gasteiger partial charge in [-0.1, -0.05) is 12.8 Å². The molecule has 2 nitrogen and oxygen atoms in total. The van der Waals surface area contributed by atoms with Crippen LogP contribution in [0.25, 0.3) is 0 Å². The lowest BCUT2D eigenvalue weighted by atomic mass is 10.1. The maximum absolute atomic E-state index is 11.8. The molecule has 0 saturated heterocycles. The summed E-state index contributed by atoms with van der Waals surface area (Å²) in [5.41, 5.74) is 0.895. The van der Waals surface area contributed by atoms with E-state index in [0.29, 0.717) is 5.75 Å². The van der Waals surface area contributed by atoms with E-state index >= 15 is 0 Å². The maximum atomic E-state index is 11.8. The van der Waals surface area contributed by atoms with E-state index in [-0.39, 0.29) is 5.78 Å². The Morgan fingerprint density at radius 2 is 2.20 bits per heavy atom. The highest BCUT2D eigenvalue weighted by Gasteiger charge is 2.19. The zero-order chi connectivity index (χ0) is 10.5. The van der Waals surface area contributed by atoms with Gasteiger partial charge in [-0.2, -0.15) is 11.8 Å². The first-order valence-corrected chi connectivity index (χ1v) is 6.86. The molecule has 1 aliphatic heterocycles. The second-order valence-corrected chi connectivity index (χ2v) is 5.55. The van der Waals surface area contributed by atoms with E-state index in [2.05, 4.69) is 0 Å². The highest BCUT2D eigenvalue weighted by Crippen LogP contribution is 2.30. The van der Waals surface area contributed by atoms with Crippen LogP contribution in [0.5, 0.6) is 0 Å². The zero-order valence-electron chi connectivity index (χ0n) is 9.04. The molecule has 0 aromatic heterocycles. The summed E-state index contributed by atoms with van der Waals surface area (Å²) in [6.07, 6.45) is 8.85. The molecule has 0 N–H and O–H groups in total. The number of hydrogen-bond donors (Lipinski definition) is 0. The highest BCUT2D eigenvalue weighted by molar-refractivity contribution is 8.00. The molecule has 84 valence electrons. The van der Waals surface area contributed by atoms with Crippen LogP contribution in [0.4, 0.5) is 0 Å². The Morgan fingerprint density at radius 3 is 2.87 bits per heavy atom. The minimum Gasteiger partial charge on any atom is -0.501 e. The monoisotopic (exact) mass is 226 g/mol. The van der Waals surface area contributed by atoms with E-state index in [9.17, 15) is 4.79 Å². The van der Waals surface area contributed by atoms with Gasteiger partial charge in [-0.15, -0.1) is 0 Å². The molecule has 0 radical (unpaired) electrons. The van der Waals surface area contributed by atoms with Gasteiger partial charge in [-0.05, 0) is 25.7 Å². The smallest absolute Gasteiger partial charge is 0.171 e. The van der Waals surface area contributed by atoms with E-state index in [4.69, 9.17) is 4.74 Å². The first-order valence-electron chi connectivity index (χ1n) is 5.82. The van der Waals surface area contributed by atoms with Gasteiger partial charge in [0.15, 0.2) is 5.78 Å². The Balaban J connectivity index is 1.73. The fourth-order valence-corrected chi connectivity index (χ4v) is 3.35. The third kappa shape index (κ3) is 3.26. The summed E-state index contributed by atoms with van der Waals surface area (Å²) in [4.78, 5) is 11.8. The van der Waals surface area contributed by atoms with Crippen LogP contribution in [0.1, 0.15) is 38.5 Å². The minimum atomic E-state index is 0.284. The van der Waals surface area contributed by atoms with Crippen molar-refractivity contribution in [3.05, 3.63) is 11.8 Å². The molecule has 0 bridgehead atoms. The fraction of sp³-hybridized carbons (Fsp3) is 0.750. The largest absolute Gasteiger partial charge is 0.501 e. The minimum absolute atomic E-state index is 0.284. The quantitative estimate of drug-likeness (QED) is 0.737. The summed E-state index contributed by atoms with van der Waals surface area (Å²) < 4.78 is 5.18. The van der Waals surface area contributed by atoms with Gasteiger partial charge in [0.25, 0.3) is 0 Å². The molecule has 3 heteroatoms. The Bertz CT molecular complexity index is 254. The first kappa shape index (κ1) is 11.1. The van der Waals surface area contributed by atoms with Gasteiger partial charge in [-0.3, -0.25) is 4.79 Å². The Hall–Kier alpha value is -0.440. The molecular weight excluding hydrogens is 208 g/mol. The number of rotatable bonds is 4. The number of thioether (sulfide) groups is 1. The third-order valence-electron chi connectivity index (χ3n) is 3.04. The average molecular weight is 226 g/mol. The molecule has 1 heterocycles. The number of allylic oxidation sites excluding steroid dienone is 1. The van der Waals surface area contributed by atoms with Crippen LogP contribution in [0.15, 0.2) is 11.8 Å². The maximum Gasteiger partial charge on any atom is 0.171 e. The van der Waals surface area contributed by atoms with E-state index in [1.165, 1.54) is 25.7 Å². The molecule has 15 heavy (non-hydrogen) atoms. The molecule has 0 atom stereocenters. The summed E-state index contributed by atoms with van der Waals surface area (Å²) >= 11 is 1.84. The molecule has 1 fully saturated rings. The second kappa shape index (κ2) is 5.59. The lowest BCUT2D eigenvalue weighted by Gasteiger charge is -2.13. The predicted molar refractivity (Wildman–Crippen MR) is 63.0 cm³/mol. The molecule has 2 aliphatic rings. The molecule has 0 spiro atoms. The van der Waals surface area contributed by atoms with Crippen molar-refractivity contribution in [2.45, 2.75) is 43.8 Å². The standard InChI is InChI=1S/C12H18O2S/c13-12(10-4-3-7-14-8-10)9-15-11-5-1-2-6-11/h8,11H,1-7,9H2. The SMILES string of the molecule is O=C(CSC1CCCC1)C1=COCCC1. The van der Waals surface area contributed by atoms with Crippen LogP contribution in [0, 0.1) is 0 Å². The highest BCUT2D eigenvalue weighted by atomic mass is 32.2. The first-order chi connectivity index (χ1) is 7.36. The van der Waals surface area contributed by atoms with Gasteiger partial charge in [0.1, 0.15) is 0 Å². The summed E-state index contributed by atoms with van der Waals surface area (Å²) in [6.45, 7) is 0.770. The molecule has 0 unspecified atom stereocenters. The van der Waals surface area contributed by atoms with Crippen molar-refractivity contribution in [1.29, 1.82) is 0 Å². The summed E-state index contributed by atoms with van der Waals surface area (Å²) in [5, 5.41) is 0.735. The lowest BCUT2D eigenvalue weighted by molar-refractivity contribution is -0.113. The summed E-state index contributed by atoms with van der Waals surface area (Å²) in [7, 11) is 0. The number of hydrogen-bond acceptors (Lipinski definition) is 3. The van der Waals surface area contributed by atoms with Crippen molar-refractivity contribution in [3.8, 4) is 0 Å². The van der Waals surface area contributed by atoms with Gasteiger partial charge >= 0.3 is 0 Å². The number of carbonyl (C=O) groups excluding carboxylic acids is 1. The van der Waals surface area contributed by atoms with Crippen LogP contribution < -0.4 is 0 Å². The topological polar surface area (TPSA) is 26.3 Å². The van der Waals surface area contributed by atoms with E-state index in [1.807, 2.05) is 11.8 Å². The van der Waals surface area contributed by atoms with Crippen LogP contribution in [0.3, 0.4) is 0 Å². The predicted octanol–water partition coefficient (Wildman–Crippen LogP) is 2.93. The Labute approximate surface area is 95.5 Å². The summed E-state index contributed by atoms with van der Waals surface area (Å²) in [6, 6.07) is 0. The van der Waals surface area contributed by atoms with Gasteiger partial charge in [0, 0.05) is 10.8 Å². The fourth-order valence-electron chi connectivity index (χ4n) is 2.11. The number of Topliss-reactive ketones (excluding diaryl/α,β-unsaturated/α-hetero) is 1. The van der Waals surface area contributed by atoms with Gasteiger partial charge in [0.2, 0.25) is 0 Å². The molecule has 2 rings (SSSR count). The molecular formula is C12H18O2S. The normalized spacial score (nSPS) is 22.3. The van der Waals surface area contributed by atoms with E-state index < -0.39 is 0 Å². The number of ether oxygens (including phenoxy) is 1. The Kier molecular flexibility index (Phi) is 4.12. The number of ketones is 1. The third-order valence-corrected chi connectivity index (χ3v) is 4.42. The van der Waals surface area contributed by atoms with Crippen LogP contribution in [-0.2, 0) is 9.53 Å². The lowest BCUT2D eigenvalue weighted by Crippen LogP contribution is -2.12. The van der Waals surface area contributed by atoms with E-state index in [0.717, 1.165) is 30.3 Å². The average Bonchev–Trinajstić information content (AvgIpc) is 2.80. The van der Waals surface area contributed by atoms with Crippen LogP contribution in [0.2, 0.25) is 0 Å². The molecule has 0 aromatic carbocycles. The van der Waals surface area contributed by atoms with E-state index in [1.54, 1.807) is 6.26 Å². The van der Waals surface area contributed by atoms with Crippen molar-refractivity contribution in [2.75, 3.05) is 12.4 Å².